The summed E-state index contributed by atoms with van der Waals surface area (Å²) in [7, 11) is 0. The Balaban J connectivity index is 2.12. The van der Waals surface area contributed by atoms with Crippen molar-refractivity contribution in [1.29, 1.82) is 0 Å². The van der Waals surface area contributed by atoms with E-state index in [0.29, 0.717) is 6.07 Å². The molecule has 0 bridgehead atoms. The molecule has 0 fully saturated rings. The number of hydrogen-bond donors (Lipinski definition) is 2. The van der Waals surface area contributed by atoms with Crippen molar-refractivity contribution in [3.63, 3.8) is 0 Å². The van der Waals surface area contributed by atoms with Gasteiger partial charge in [-0.2, -0.15) is 5.10 Å². The van der Waals surface area contributed by atoms with Crippen molar-refractivity contribution in [2.45, 2.75) is 12.8 Å². The van der Waals surface area contributed by atoms with Crippen LogP contribution in [0.4, 0.5) is 15.8 Å². The number of hydrazone groups is 1. The maximum atomic E-state index is 13.6. The van der Waals surface area contributed by atoms with Crippen molar-refractivity contribution >= 4 is 28.9 Å². The zero-order valence-corrected chi connectivity index (χ0v) is 10.1. The van der Waals surface area contributed by atoms with Gasteiger partial charge in [-0.3, -0.25) is 19.7 Å². The second-order valence-electron chi connectivity index (χ2n) is 3.97. The molecule has 104 valence electrons. The number of carbonyl (C=O) groups is 2. The van der Waals surface area contributed by atoms with Gasteiger partial charge in [0.05, 0.1) is 16.7 Å². The number of non-ortho nitro benzene ring substituents is 1. The van der Waals surface area contributed by atoms with Gasteiger partial charge >= 0.3 is 0 Å². The van der Waals surface area contributed by atoms with Crippen LogP contribution in [0.25, 0.3) is 0 Å². The third kappa shape index (κ3) is 2.94. The number of nitrogens with one attached hydrogen (secondary N) is 2. The second-order valence-corrected chi connectivity index (χ2v) is 3.97. The van der Waals surface area contributed by atoms with Crippen LogP contribution in [-0.4, -0.2) is 22.4 Å². The van der Waals surface area contributed by atoms with Crippen LogP contribution in [0.1, 0.15) is 12.8 Å². The quantitative estimate of drug-likeness (QED) is 0.633. The molecule has 1 aliphatic rings. The highest BCUT2D eigenvalue weighted by atomic mass is 19.1. The van der Waals surface area contributed by atoms with Gasteiger partial charge in [-0.15, -0.1) is 0 Å². The fraction of sp³-hybridized carbons (Fsp3) is 0.182. The second kappa shape index (κ2) is 5.43. The SMILES string of the molecule is O=C1CCC(C(=O)Nc2ccc([N+](=O)[O-])cc2F)=NN1. The Morgan fingerprint density at radius 2 is 2.20 bits per heavy atom. The Morgan fingerprint density at radius 1 is 1.45 bits per heavy atom. The summed E-state index contributed by atoms with van der Waals surface area (Å²) in [4.78, 5) is 32.3. The van der Waals surface area contributed by atoms with Crippen molar-refractivity contribution < 1.29 is 18.9 Å². The first-order valence-electron chi connectivity index (χ1n) is 5.58. The van der Waals surface area contributed by atoms with E-state index in [-0.39, 0.29) is 30.1 Å². The summed E-state index contributed by atoms with van der Waals surface area (Å²) < 4.78 is 13.6. The zero-order valence-electron chi connectivity index (χ0n) is 10.1. The minimum Gasteiger partial charge on any atom is -0.318 e. The van der Waals surface area contributed by atoms with Gasteiger partial charge in [-0.25, -0.2) is 9.82 Å². The third-order valence-electron chi connectivity index (χ3n) is 2.58. The third-order valence-corrected chi connectivity index (χ3v) is 2.58. The topological polar surface area (TPSA) is 114 Å². The van der Waals surface area contributed by atoms with Crippen molar-refractivity contribution in [3.05, 3.63) is 34.1 Å². The molecule has 0 aromatic heterocycles. The number of hydrogen-bond acceptors (Lipinski definition) is 5. The summed E-state index contributed by atoms with van der Waals surface area (Å²) in [5.41, 5.74) is 1.59. The number of nitro benzene ring substituents is 1. The van der Waals surface area contributed by atoms with Gasteiger partial charge in [-0.05, 0) is 6.07 Å². The van der Waals surface area contributed by atoms with E-state index in [9.17, 15) is 24.1 Å². The summed E-state index contributed by atoms with van der Waals surface area (Å²) in [6.07, 6.45) is 0.265. The van der Waals surface area contributed by atoms with Crippen molar-refractivity contribution in [3.8, 4) is 0 Å². The van der Waals surface area contributed by atoms with Gasteiger partial charge in [0.1, 0.15) is 5.71 Å². The molecule has 1 aromatic rings. The van der Waals surface area contributed by atoms with Gasteiger partial charge in [0, 0.05) is 18.9 Å². The van der Waals surface area contributed by atoms with E-state index in [1.807, 2.05) is 0 Å². The lowest BCUT2D eigenvalue weighted by Crippen LogP contribution is -2.32. The summed E-state index contributed by atoms with van der Waals surface area (Å²) in [5.74, 6) is -1.89. The normalized spacial score (nSPS) is 14.2. The van der Waals surface area contributed by atoms with Gasteiger partial charge in [-0.1, -0.05) is 0 Å². The van der Waals surface area contributed by atoms with Crippen LogP contribution in [-0.2, 0) is 9.59 Å². The number of benzene rings is 1. The van der Waals surface area contributed by atoms with Gasteiger partial charge in [0.25, 0.3) is 11.6 Å². The van der Waals surface area contributed by atoms with E-state index in [1.54, 1.807) is 0 Å². The highest BCUT2D eigenvalue weighted by Crippen LogP contribution is 2.20. The number of nitro groups is 1. The fourth-order valence-corrected chi connectivity index (χ4v) is 1.55. The Kier molecular flexibility index (Phi) is 3.69. The summed E-state index contributed by atoms with van der Waals surface area (Å²) in [5, 5.41) is 16.3. The molecule has 20 heavy (non-hydrogen) atoms. The van der Waals surface area contributed by atoms with E-state index in [4.69, 9.17) is 0 Å². The van der Waals surface area contributed by atoms with Crippen molar-refractivity contribution in [1.82, 2.24) is 5.43 Å². The van der Waals surface area contributed by atoms with E-state index < -0.39 is 22.3 Å². The number of rotatable bonds is 3. The monoisotopic (exact) mass is 280 g/mol. The largest absolute Gasteiger partial charge is 0.318 e. The number of carbonyl (C=O) groups excluding carboxylic acids is 2. The fourth-order valence-electron chi connectivity index (χ4n) is 1.55. The predicted molar refractivity (Wildman–Crippen MR) is 66.5 cm³/mol. The number of halogens is 1. The van der Waals surface area contributed by atoms with Crippen molar-refractivity contribution in [2.24, 2.45) is 5.10 Å². The summed E-state index contributed by atoms with van der Waals surface area (Å²) in [6.45, 7) is 0. The minimum atomic E-state index is -0.923. The molecule has 2 N–H and O–H groups in total. The molecule has 2 rings (SSSR count). The van der Waals surface area contributed by atoms with E-state index in [0.717, 1.165) is 12.1 Å². The van der Waals surface area contributed by atoms with Crippen molar-refractivity contribution in [2.75, 3.05) is 5.32 Å². The maximum absolute atomic E-state index is 13.6. The van der Waals surface area contributed by atoms with Gasteiger partial charge in [0.2, 0.25) is 5.91 Å². The highest BCUT2D eigenvalue weighted by molar-refractivity contribution is 6.43. The summed E-state index contributed by atoms with van der Waals surface area (Å²) >= 11 is 0. The van der Waals surface area contributed by atoms with Crippen LogP contribution in [0, 0.1) is 15.9 Å². The molecule has 9 heteroatoms. The van der Waals surface area contributed by atoms with Gasteiger partial charge in [0.15, 0.2) is 5.82 Å². The number of amides is 2. The smallest absolute Gasteiger partial charge is 0.272 e. The molecule has 0 saturated carbocycles. The van der Waals surface area contributed by atoms with Crippen LogP contribution in [0.15, 0.2) is 23.3 Å². The first kappa shape index (κ1) is 13.6. The lowest BCUT2D eigenvalue weighted by molar-refractivity contribution is -0.385. The molecule has 0 atom stereocenters. The number of anilines is 1. The Labute approximate surface area is 111 Å². The van der Waals surface area contributed by atoms with Crippen LogP contribution >= 0.6 is 0 Å². The molecular formula is C11H9FN4O4. The molecule has 0 spiro atoms. The van der Waals surface area contributed by atoms with E-state index in [2.05, 4.69) is 15.8 Å². The minimum absolute atomic E-state index is 0.0577. The molecule has 0 aliphatic carbocycles. The Bertz CT molecular complexity index is 629. The first-order valence-corrected chi connectivity index (χ1v) is 5.58. The molecule has 1 aliphatic heterocycles. The lowest BCUT2D eigenvalue weighted by Gasteiger charge is -2.12. The predicted octanol–water partition coefficient (Wildman–Crippen LogP) is 0.938. The Hall–Kier alpha value is -2.84. The zero-order chi connectivity index (χ0) is 14.7. The molecule has 2 amide bonds. The standard InChI is InChI=1S/C11H9FN4O4/c12-7-5-6(16(19)20)1-2-8(7)13-11(18)9-3-4-10(17)15-14-9/h1-2,5H,3-4H2,(H,13,18)(H,15,17). The maximum Gasteiger partial charge on any atom is 0.272 e. The van der Waals surface area contributed by atoms with E-state index in [1.165, 1.54) is 0 Å². The molecule has 8 nitrogen and oxygen atoms in total. The average molecular weight is 280 g/mol. The van der Waals surface area contributed by atoms with Crippen LogP contribution in [0.5, 0.6) is 0 Å². The first-order chi connectivity index (χ1) is 9.47. The summed E-state index contributed by atoms with van der Waals surface area (Å²) in [6, 6.07) is 2.87. The molecule has 0 unspecified atom stereocenters. The average Bonchev–Trinajstić information content (AvgIpc) is 2.41. The Morgan fingerprint density at radius 3 is 2.75 bits per heavy atom. The van der Waals surface area contributed by atoms with Crippen LogP contribution < -0.4 is 10.7 Å². The van der Waals surface area contributed by atoms with Crippen LogP contribution in [0.2, 0.25) is 0 Å². The highest BCUT2D eigenvalue weighted by Gasteiger charge is 2.20. The number of nitrogens with zero attached hydrogens (tertiary/aromatic N) is 2. The van der Waals surface area contributed by atoms with Gasteiger partial charge < -0.3 is 5.32 Å². The van der Waals surface area contributed by atoms with E-state index >= 15 is 0 Å². The molecule has 1 heterocycles. The molecule has 0 radical (unpaired) electrons. The lowest BCUT2D eigenvalue weighted by atomic mass is 10.1. The molecule has 1 aromatic carbocycles. The molecule has 0 saturated heterocycles. The molecular weight excluding hydrogens is 271 g/mol. The van der Waals surface area contributed by atoms with Crippen LogP contribution in [0.3, 0.4) is 0 Å².